The normalized spacial score (nSPS) is 13.9. The molecule has 0 bridgehead atoms. The maximum absolute atomic E-state index is 3.76. The molecule has 0 aliphatic carbocycles. The van der Waals surface area contributed by atoms with Crippen molar-refractivity contribution in [2.45, 2.75) is 52.6 Å². The SMILES string of the molecule is CCc1ccc(C(CC)N[C@@H](C)c2cccc(C)c2)cc1. The predicted molar refractivity (Wildman–Crippen MR) is 91.6 cm³/mol. The van der Waals surface area contributed by atoms with Crippen molar-refractivity contribution in [2.24, 2.45) is 0 Å². The fourth-order valence-electron chi connectivity index (χ4n) is 2.77. The van der Waals surface area contributed by atoms with E-state index in [2.05, 4.69) is 81.5 Å². The van der Waals surface area contributed by atoms with E-state index in [1.807, 2.05) is 0 Å². The van der Waals surface area contributed by atoms with Crippen molar-refractivity contribution in [1.29, 1.82) is 0 Å². The second-order valence-electron chi connectivity index (χ2n) is 5.86. The van der Waals surface area contributed by atoms with E-state index in [4.69, 9.17) is 0 Å². The molecule has 112 valence electrons. The van der Waals surface area contributed by atoms with E-state index in [0.29, 0.717) is 12.1 Å². The van der Waals surface area contributed by atoms with E-state index in [1.54, 1.807) is 0 Å². The quantitative estimate of drug-likeness (QED) is 0.751. The van der Waals surface area contributed by atoms with Crippen molar-refractivity contribution in [3.8, 4) is 0 Å². The van der Waals surface area contributed by atoms with Gasteiger partial charge in [0.05, 0.1) is 0 Å². The minimum atomic E-state index is 0.362. The van der Waals surface area contributed by atoms with Crippen LogP contribution in [0.15, 0.2) is 48.5 Å². The molecule has 0 saturated carbocycles. The first-order chi connectivity index (χ1) is 10.1. The predicted octanol–water partition coefficient (Wildman–Crippen LogP) is 5.36. The Morgan fingerprint density at radius 1 is 0.952 bits per heavy atom. The van der Waals surface area contributed by atoms with Gasteiger partial charge < -0.3 is 5.32 Å². The molecule has 2 aromatic rings. The van der Waals surface area contributed by atoms with E-state index in [0.717, 1.165) is 12.8 Å². The molecule has 0 aromatic heterocycles. The summed E-state index contributed by atoms with van der Waals surface area (Å²) in [5.41, 5.74) is 5.47. The monoisotopic (exact) mass is 281 g/mol. The Labute approximate surface area is 129 Å². The molecule has 0 aliphatic rings. The Bertz CT molecular complexity index is 556. The number of aryl methyl sites for hydroxylation is 2. The van der Waals surface area contributed by atoms with Gasteiger partial charge in [0.25, 0.3) is 0 Å². The van der Waals surface area contributed by atoms with Gasteiger partial charge >= 0.3 is 0 Å². The van der Waals surface area contributed by atoms with E-state index in [9.17, 15) is 0 Å². The van der Waals surface area contributed by atoms with Gasteiger partial charge in [-0.05, 0) is 43.4 Å². The lowest BCUT2D eigenvalue weighted by molar-refractivity contribution is 0.456. The number of benzene rings is 2. The number of hydrogen-bond donors (Lipinski definition) is 1. The molecular formula is C20H27N. The Balaban J connectivity index is 2.10. The van der Waals surface area contributed by atoms with Crippen LogP contribution in [0.2, 0.25) is 0 Å². The first-order valence-electron chi connectivity index (χ1n) is 8.05. The summed E-state index contributed by atoms with van der Waals surface area (Å²) in [6, 6.07) is 18.6. The summed E-state index contributed by atoms with van der Waals surface area (Å²) in [6.07, 6.45) is 2.20. The zero-order valence-electron chi connectivity index (χ0n) is 13.7. The van der Waals surface area contributed by atoms with Crippen molar-refractivity contribution >= 4 is 0 Å². The summed E-state index contributed by atoms with van der Waals surface area (Å²) in [5.74, 6) is 0. The van der Waals surface area contributed by atoms with Crippen LogP contribution in [-0.4, -0.2) is 0 Å². The third-order valence-corrected chi connectivity index (χ3v) is 4.19. The van der Waals surface area contributed by atoms with E-state index in [1.165, 1.54) is 22.3 Å². The summed E-state index contributed by atoms with van der Waals surface area (Å²) in [6.45, 7) is 8.84. The van der Waals surface area contributed by atoms with Crippen LogP contribution < -0.4 is 5.32 Å². The van der Waals surface area contributed by atoms with Gasteiger partial charge in [-0.15, -0.1) is 0 Å². The lowest BCUT2D eigenvalue weighted by Crippen LogP contribution is -2.24. The average molecular weight is 281 g/mol. The Morgan fingerprint density at radius 2 is 1.67 bits per heavy atom. The van der Waals surface area contributed by atoms with Gasteiger partial charge in [-0.25, -0.2) is 0 Å². The molecule has 21 heavy (non-hydrogen) atoms. The summed E-state index contributed by atoms with van der Waals surface area (Å²) < 4.78 is 0. The van der Waals surface area contributed by atoms with Crippen molar-refractivity contribution in [3.05, 3.63) is 70.8 Å². The minimum Gasteiger partial charge on any atom is -0.303 e. The van der Waals surface area contributed by atoms with Gasteiger partial charge in [0.2, 0.25) is 0 Å². The molecule has 1 heteroatoms. The lowest BCUT2D eigenvalue weighted by Gasteiger charge is -2.23. The summed E-state index contributed by atoms with van der Waals surface area (Å²) in [4.78, 5) is 0. The molecule has 0 fully saturated rings. The fourth-order valence-corrected chi connectivity index (χ4v) is 2.77. The zero-order chi connectivity index (χ0) is 15.2. The van der Waals surface area contributed by atoms with E-state index >= 15 is 0 Å². The van der Waals surface area contributed by atoms with Crippen molar-refractivity contribution < 1.29 is 0 Å². The third-order valence-electron chi connectivity index (χ3n) is 4.19. The molecule has 0 spiro atoms. The van der Waals surface area contributed by atoms with Gasteiger partial charge in [-0.1, -0.05) is 67.9 Å². The standard InChI is InChI=1S/C20H27N/c1-5-17-10-12-18(13-11-17)20(6-2)21-16(4)19-9-7-8-15(3)14-19/h7-14,16,20-21H,5-6H2,1-4H3/t16-,20?/m0/s1. The van der Waals surface area contributed by atoms with Gasteiger partial charge in [0.1, 0.15) is 0 Å². The summed E-state index contributed by atoms with van der Waals surface area (Å²) >= 11 is 0. The maximum atomic E-state index is 3.76. The molecule has 0 amide bonds. The van der Waals surface area contributed by atoms with E-state index in [-0.39, 0.29) is 0 Å². The van der Waals surface area contributed by atoms with Gasteiger partial charge in [0.15, 0.2) is 0 Å². The number of nitrogens with one attached hydrogen (secondary N) is 1. The molecule has 0 aliphatic heterocycles. The summed E-state index contributed by atoms with van der Waals surface area (Å²) in [7, 11) is 0. The van der Waals surface area contributed by atoms with Crippen LogP contribution >= 0.6 is 0 Å². The first kappa shape index (κ1) is 15.8. The van der Waals surface area contributed by atoms with E-state index < -0.39 is 0 Å². The van der Waals surface area contributed by atoms with Crippen LogP contribution in [0.1, 0.15) is 61.5 Å². The molecule has 0 saturated heterocycles. The van der Waals surface area contributed by atoms with Gasteiger partial charge in [-0.3, -0.25) is 0 Å². The highest BCUT2D eigenvalue weighted by Crippen LogP contribution is 2.23. The Hall–Kier alpha value is -1.60. The molecular weight excluding hydrogens is 254 g/mol. The molecule has 2 aromatic carbocycles. The van der Waals surface area contributed by atoms with Crippen LogP contribution in [0.3, 0.4) is 0 Å². The topological polar surface area (TPSA) is 12.0 Å². The van der Waals surface area contributed by atoms with Crippen LogP contribution in [0.5, 0.6) is 0 Å². The minimum absolute atomic E-state index is 0.362. The lowest BCUT2D eigenvalue weighted by atomic mass is 9.99. The Kier molecular flexibility index (Phi) is 5.58. The molecule has 1 unspecified atom stereocenters. The molecule has 0 radical (unpaired) electrons. The first-order valence-corrected chi connectivity index (χ1v) is 8.05. The van der Waals surface area contributed by atoms with Crippen LogP contribution in [0, 0.1) is 6.92 Å². The molecule has 1 N–H and O–H groups in total. The largest absolute Gasteiger partial charge is 0.303 e. The Morgan fingerprint density at radius 3 is 2.24 bits per heavy atom. The second kappa shape index (κ2) is 7.42. The van der Waals surface area contributed by atoms with Crippen LogP contribution in [-0.2, 0) is 6.42 Å². The summed E-state index contributed by atoms with van der Waals surface area (Å²) in [5, 5.41) is 3.76. The van der Waals surface area contributed by atoms with Crippen LogP contribution in [0.25, 0.3) is 0 Å². The molecule has 1 nitrogen and oxygen atoms in total. The highest BCUT2D eigenvalue weighted by atomic mass is 14.9. The molecule has 0 heterocycles. The molecule has 2 rings (SSSR count). The highest BCUT2D eigenvalue weighted by Gasteiger charge is 2.13. The second-order valence-corrected chi connectivity index (χ2v) is 5.86. The third kappa shape index (κ3) is 4.18. The van der Waals surface area contributed by atoms with Crippen molar-refractivity contribution in [1.82, 2.24) is 5.32 Å². The van der Waals surface area contributed by atoms with Crippen LogP contribution in [0.4, 0.5) is 0 Å². The number of hydrogen-bond acceptors (Lipinski definition) is 1. The highest BCUT2D eigenvalue weighted by molar-refractivity contribution is 5.27. The van der Waals surface area contributed by atoms with Crippen molar-refractivity contribution in [3.63, 3.8) is 0 Å². The molecule has 2 atom stereocenters. The fraction of sp³-hybridized carbons (Fsp3) is 0.400. The average Bonchev–Trinajstić information content (AvgIpc) is 2.52. The van der Waals surface area contributed by atoms with Gasteiger partial charge in [-0.2, -0.15) is 0 Å². The number of rotatable bonds is 6. The maximum Gasteiger partial charge on any atom is 0.0323 e. The zero-order valence-corrected chi connectivity index (χ0v) is 13.7. The smallest absolute Gasteiger partial charge is 0.0323 e. The van der Waals surface area contributed by atoms with Gasteiger partial charge in [0, 0.05) is 12.1 Å². The van der Waals surface area contributed by atoms with Crippen molar-refractivity contribution in [2.75, 3.05) is 0 Å².